The minimum Gasteiger partial charge on any atom is -0.391 e. The number of nitrogens with zero attached hydrogens (tertiary/aromatic N) is 4. The van der Waals surface area contributed by atoms with Crippen molar-refractivity contribution in [2.75, 3.05) is 44.2 Å². The van der Waals surface area contributed by atoms with Crippen molar-refractivity contribution in [3.8, 4) is 0 Å². The Morgan fingerprint density at radius 3 is 2.32 bits per heavy atom. The summed E-state index contributed by atoms with van der Waals surface area (Å²) in [5.74, 6) is 5.90. The number of carbonyl (C=O) groups is 1. The van der Waals surface area contributed by atoms with E-state index in [4.69, 9.17) is 10.7 Å². The maximum Gasteiger partial charge on any atom is 0.244 e. The first-order valence-electron chi connectivity index (χ1n) is 11.6. The molecule has 2 aromatic rings. The molecule has 1 heterocycles. The Morgan fingerprint density at radius 2 is 1.79 bits per heavy atom. The summed E-state index contributed by atoms with van der Waals surface area (Å²) in [4.78, 5) is 29.2. The standard InChI is InChI=1S/C26H34BrN5O2/c1-5-30(6-2)26(33)24(20-10-8-7-9-11-20)32-16-14-31(15-17-32)23-13-12-21(18-22(23)27)25(34-28)29-19(3)4/h7-13,18,24H,3,5-6,14-17,28H2,1-2,4H3. The Labute approximate surface area is 211 Å². The molecule has 1 atom stereocenters. The number of nitrogens with two attached hydrogens (primary N) is 1. The number of anilines is 1. The minimum atomic E-state index is -0.267. The van der Waals surface area contributed by atoms with Crippen molar-refractivity contribution in [3.63, 3.8) is 0 Å². The van der Waals surface area contributed by atoms with E-state index in [1.807, 2.05) is 55.1 Å². The molecule has 1 saturated heterocycles. The minimum absolute atomic E-state index is 0.168. The average Bonchev–Trinajstić information content (AvgIpc) is 2.84. The van der Waals surface area contributed by atoms with Crippen molar-refractivity contribution in [1.29, 1.82) is 0 Å². The van der Waals surface area contributed by atoms with E-state index in [2.05, 4.69) is 49.4 Å². The molecule has 0 radical (unpaired) electrons. The summed E-state index contributed by atoms with van der Waals surface area (Å²) in [5.41, 5.74) is 3.52. The number of halogens is 1. The molecule has 0 saturated carbocycles. The monoisotopic (exact) mass is 527 g/mol. The molecule has 1 amide bonds. The van der Waals surface area contributed by atoms with Gasteiger partial charge in [0, 0.05) is 55.0 Å². The lowest BCUT2D eigenvalue weighted by atomic mass is 10.0. The largest absolute Gasteiger partial charge is 0.391 e. The smallest absolute Gasteiger partial charge is 0.244 e. The normalized spacial score (nSPS) is 15.7. The van der Waals surface area contributed by atoms with Crippen LogP contribution in [-0.4, -0.2) is 60.9 Å². The quantitative estimate of drug-likeness (QED) is 0.313. The number of hydrogen-bond donors (Lipinski definition) is 1. The molecule has 1 aliphatic rings. The Balaban J connectivity index is 1.77. The number of likely N-dealkylation sites (N-methyl/N-ethyl adjacent to an activating group) is 1. The van der Waals surface area contributed by atoms with Crippen LogP contribution in [0.15, 0.2) is 70.3 Å². The Morgan fingerprint density at radius 1 is 1.15 bits per heavy atom. The van der Waals surface area contributed by atoms with Crippen LogP contribution in [0, 0.1) is 0 Å². The third-order valence-electron chi connectivity index (χ3n) is 6.04. The molecule has 8 heteroatoms. The predicted molar refractivity (Wildman–Crippen MR) is 142 cm³/mol. The molecule has 2 N–H and O–H groups in total. The van der Waals surface area contributed by atoms with Crippen LogP contribution in [0.2, 0.25) is 0 Å². The summed E-state index contributed by atoms with van der Waals surface area (Å²) in [5, 5.41) is 0. The van der Waals surface area contributed by atoms with Gasteiger partial charge >= 0.3 is 0 Å². The number of amides is 1. The number of carbonyl (C=O) groups excluding carboxylic acids is 1. The topological polar surface area (TPSA) is 74.4 Å². The number of piperazine rings is 1. The maximum atomic E-state index is 13.4. The molecule has 1 aliphatic heterocycles. The van der Waals surface area contributed by atoms with Crippen LogP contribution in [0.5, 0.6) is 0 Å². The molecular weight excluding hydrogens is 494 g/mol. The highest BCUT2D eigenvalue weighted by Gasteiger charge is 2.33. The maximum absolute atomic E-state index is 13.4. The molecule has 0 spiro atoms. The van der Waals surface area contributed by atoms with E-state index in [9.17, 15) is 4.79 Å². The van der Waals surface area contributed by atoms with E-state index in [-0.39, 0.29) is 11.9 Å². The zero-order valence-electron chi connectivity index (χ0n) is 20.2. The average molecular weight is 528 g/mol. The number of benzene rings is 2. The molecule has 2 aromatic carbocycles. The van der Waals surface area contributed by atoms with E-state index in [0.29, 0.717) is 24.7 Å². The van der Waals surface area contributed by atoms with Crippen LogP contribution < -0.4 is 10.8 Å². The van der Waals surface area contributed by atoms with Gasteiger partial charge in [-0.1, -0.05) is 36.9 Å². The fourth-order valence-electron chi connectivity index (χ4n) is 4.30. The summed E-state index contributed by atoms with van der Waals surface area (Å²) in [7, 11) is 0. The Bertz CT molecular complexity index is 1020. The van der Waals surface area contributed by atoms with Crippen molar-refractivity contribution < 1.29 is 9.63 Å². The Hall–Kier alpha value is -2.68. The number of aliphatic imine (C=N–C) groups is 1. The fraction of sp³-hybridized carbons (Fsp3) is 0.385. The van der Waals surface area contributed by atoms with Gasteiger partial charge in [0.05, 0.1) is 5.69 Å². The molecule has 34 heavy (non-hydrogen) atoms. The molecule has 0 bridgehead atoms. The summed E-state index contributed by atoms with van der Waals surface area (Å²) in [6.45, 7) is 14.3. The van der Waals surface area contributed by atoms with E-state index in [1.54, 1.807) is 6.92 Å². The predicted octanol–water partition coefficient (Wildman–Crippen LogP) is 4.35. The van der Waals surface area contributed by atoms with Gasteiger partial charge in [0.15, 0.2) is 0 Å². The second-order valence-electron chi connectivity index (χ2n) is 8.28. The first-order valence-corrected chi connectivity index (χ1v) is 12.4. The molecule has 0 aromatic heterocycles. The zero-order valence-corrected chi connectivity index (χ0v) is 21.8. The number of hydrogen-bond acceptors (Lipinski definition) is 6. The van der Waals surface area contributed by atoms with E-state index in [0.717, 1.165) is 47.5 Å². The van der Waals surface area contributed by atoms with Crippen LogP contribution in [0.1, 0.15) is 37.9 Å². The number of rotatable bonds is 8. The van der Waals surface area contributed by atoms with Crippen molar-refractivity contribution in [1.82, 2.24) is 9.80 Å². The third-order valence-corrected chi connectivity index (χ3v) is 6.68. The lowest BCUT2D eigenvalue weighted by Gasteiger charge is -2.41. The summed E-state index contributed by atoms with van der Waals surface area (Å²) in [6, 6.07) is 15.8. The first kappa shape index (κ1) is 25.9. The van der Waals surface area contributed by atoms with Gasteiger partial charge in [-0.3, -0.25) is 9.69 Å². The van der Waals surface area contributed by atoms with Crippen LogP contribution in [0.25, 0.3) is 0 Å². The molecular formula is C26H34BrN5O2. The van der Waals surface area contributed by atoms with Crippen LogP contribution >= 0.6 is 15.9 Å². The van der Waals surface area contributed by atoms with Crippen molar-refractivity contribution in [2.24, 2.45) is 10.9 Å². The third kappa shape index (κ3) is 6.05. The van der Waals surface area contributed by atoms with Gasteiger partial charge in [-0.15, -0.1) is 0 Å². The summed E-state index contributed by atoms with van der Waals surface area (Å²) >= 11 is 3.70. The van der Waals surface area contributed by atoms with Crippen LogP contribution in [-0.2, 0) is 9.63 Å². The van der Waals surface area contributed by atoms with Gasteiger partial charge in [0.2, 0.25) is 11.8 Å². The summed E-state index contributed by atoms with van der Waals surface area (Å²) in [6.07, 6.45) is 0. The number of allylic oxidation sites excluding steroid dienone is 1. The molecule has 1 unspecified atom stereocenters. The zero-order chi connectivity index (χ0) is 24.7. The van der Waals surface area contributed by atoms with Crippen molar-refractivity contribution >= 4 is 33.4 Å². The highest BCUT2D eigenvalue weighted by atomic mass is 79.9. The summed E-state index contributed by atoms with van der Waals surface area (Å²) < 4.78 is 0.934. The fourth-order valence-corrected chi connectivity index (χ4v) is 4.93. The van der Waals surface area contributed by atoms with Gasteiger partial charge in [0.25, 0.3) is 0 Å². The van der Waals surface area contributed by atoms with Crippen LogP contribution in [0.3, 0.4) is 0 Å². The lowest BCUT2D eigenvalue weighted by molar-refractivity contribution is -0.137. The SMILES string of the molecule is C=C(C)N=C(ON)c1ccc(N2CCN(C(C(=O)N(CC)CC)c3ccccc3)CC2)c(Br)c1. The Kier molecular flexibility index (Phi) is 9.27. The van der Waals surface area contributed by atoms with E-state index < -0.39 is 0 Å². The lowest BCUT2D eigenvalue weighted by Crippen LogP contribution is -2.51. The first-order chi connectivity index (χ1) is 16.4. The second kappa shape index (κ2) is 12.1. The van der Waals surface area contributed by atoms with Gasteiger partial charge < -0.3 is 14.6 Å². The van der Waals surface area contributed by atoms with Gasteiger partial charge in [0.1, 0.15) is 6.04 Å². The molecule has 7 nitrogen and oxygen atoms in total. The van der Waals surface area contributed by atoms with Gasteiger partial charge in [-0.05, 0) is 60.5 Å². The van der Waals surface area contributed by atoms with Crippen molar-refractivity contribution in [2.45, 2.75) is 26.8 Å². The molecule has 3 rings (SSSR count). The van der Waals surface area contributed by atoms with Crippen molar-refractivity contribution in [3.05, 3.63) is 76.4 Å². The highest BCUT2D eigenvalue weighted by molar-refractivity contribution is 9.10. The van der Waals surface area contributed by atoms with Crippen LogP contribution in [0.4, 0.5) is 5.69 Å². The second-order valence-corrected chi connectivity index (χ2v) is 9.14. The van der Waals surface area contributed by atoms with Gasteiger partial charge in [-0.2, -0.15) is 5.90 Å². The highest BCUT2D eigenvalue weighted by Crippen LogP contribution is 2.31. The van der Waals surface area contributed by atoms with E-state index >= 15 is 0 Å². The molecule has 182 valence electrons. The molecule has 0 aliphatic carbocycles. The molecule has 1 fully saturated rings. The van der Waals surface area contributed by atoms with E-state index in [1.165, 1.54) is 0 Å². The van der Waals surface area contributed by atoms with Gasteiger partial charge in [-0.25, -0.2) is 4.99 Å².